The van der Waals surface area contributed by atoms with Crippen molar-refractivity contribution in [1.82, 2.24) is 0 Å². The lowest BCUT2D eigenvalue weighted by Crippen LogP contribution is -2.43. The number of aliphatic hydroxyl groups is 3. The van der Waals surface area contributed by atoms with Crippen LogP contribution in [-0.2, 0) is 25.0 Å². The van der Waals surface area contributed by atoms with Gasteiger partial charge in [0.1, 0.15) is 11.9 Å². The smallest absolute Gasteiger partial charge is 0.430 e. The molecule has 0 radical (unpaired) electrons. The molecule has 7 N–H and O–H groups in total. The molecular formula is C18H20BrF3NO9+. The van der Waals surface area contributed by atoms with Crippen LogP contribution in [0.25, 0.3) is 6.08 Å². The fourth-order valence-corrected chi connectivity index (χ4v) is 4.15. The highest BCUT2D eigenvalue weighted by molar-refractivity contribution is 9.10. The van der Waals surface area contributed by atoms with E-state index in [1.54, 1.807) is 0 Å². The molecule has 1 aromatic carbocycles. The van der Waals surface area contributed by atoms with E-state index in [4.69, 9.17) is 24.2 Å². The second-order valence-corrected chi connectivity index (χ2v) is 8.00. The number of esters is 1. The van der Waals surface area contributed by atoms with Crippen LogP contribution >= 0.6 is 15.9 Å². The summed E-state index contributed by atoms with van der Waals surface area (Å²) in [6, 6.07) is 2.27. The largest absolute Gasteiger partial charge is 0.475 e. The van der Waals surface area contributed by atoms with Gasteiger partial charge in [0.15, 0.2) is 6.10 Å². The van der Waals surface area contributed by atoms with E-state index in [9.17, 15) is 33.3 Å². The van der Waals surface area contributed by atoms with Crippen molar-refractivity contribution in [3.8, 4) is 5.75 Å². The molecule has 2 saturated heterocycles. The summed E-state index contributed by atoms with van der Waals surface area (Å²) in [7, 11) is 0. The molecule has 0 spiro atoms. The van der Waals surface area contributed by atoms with E-state index in [0.717, 1.165) is 12.1 Å². The molecular weight excluding hydrogens is 511 g/mol. The van der Waals surface area contributed by atoms with Crippen molar-refractivity contribution in [2.24, 2.45) is 0 Å². The monoisotopic (exact) mass is 530 g/mol. The van der Waals surface area contributed by atoms with Gasteiger partial charge in [-0.3, -0.25) is 0 Å². The summed E-state index contributed by atoms with van der Waals surface area (Å²) in [5.74, 6) is -3.11. The first-order chi connectivity index (χ1) is 14.9. The van der Waals surface area contributed by atoms with Crippen LogP contribution in [0.4, 0.5) is 13.2 Å². The first-order valence-electron chi connectivity index (χ1n) is 9.17. The molecule has 3 aliphatic rings. The molecule has 10 nitrogen and oxygen atoms in total. The lowest BCUT2D eigenvalue weighted by atomic mass is 9.98. The van der Waals surface area contributed by atoms with E-state index >= 15 is 0 Å². The highest BCUT2D eigenvalue weighted by Crippen LogP contribution is 2.43. The summed E-state index contributed by atoms with van der Waals surface area (Å²) < 4.78 is 62.2. The van der Waals surface area contributed by atoms with Gasteiger partial charge in [-0.15, -0.1) is 0 Å². The zero-order valence-corrected chi connectivity index (χ0v) is 17.8. The van der Waals surface area contributed by atoms with Gasteiger partial charge in [-0.1, -0.05) is 15.9 Å². The molecule has 4 rings (SSSR count). The van der Waals surface area contributed by atoms with Gasteiger partial charge in [-0.2, -0.15) is 13.2 Å². The van der Waals surface area contributed by atoms with Crippen molar-refractivity contribution in [2.75, 3.05) is 13.2 Å². The third-order valence-electron chi connectivity index (χ3n) is 4.98. The van der Waals surface area contributed by atoms with Gasteiger partial charge >= 0.3 is 18.1 Å². The molecule has 178 valence electrons. The fraction of sp³-hybridized carbons (Fsp3) is 0.500. The highest BCUT2D eigenvalue weighted by atomic mass is 79.9. The third kappa shape index (κ3) is 4.92. The van der Waals surface area contributed by atoms with Crippen molar-refractivity contribution >= 4 is 28.0 Å². The minimum Gasteiger partial charge on any atom is -0.475 e. The second-order valence-electron chi connectivity index (χ2n) is 7.09. The molecule has 0 saturated carbocycles. The fourth-order valence-electron chi connectivity index (χ4n) is 3.67. The number of hydrogen-bond acceptors (Lipinski definition) is 9. The summed E-state index contributed by atoms with van der Waals surface area (Å²) in [5.41, 5.74) is -1.65. The van der Waals surface area contributed by atoms with Crippen LogP contribution in [0, 0.1) is 0 Å². The van der Waals surface area contributed by atoms with Crippen LogP contribution in [0.5, 0.6) is 5.75 Å². The summed E-state index contributed by atoms with van der Waals surface area (Å²) in [5, 5.41) is 35.2. The molecule has 0 aromatic heterocycles. The Morgan fingerprint density at radius 3 is 2.50 bits per heavy atom. The molecule has 4 unspecified atom stereocenters. The number of ether oxygens (including phenoxy) is 4. The highest BCUT2D eigenvalue weighted by Gasteiger charge is 2.51. The van der Waals surface area contributed by atoms with Gasteiger partial charge in [-0.05, 0) is 24.6 Å². The van der Waals surface area contributed by atoms with E-state index in [0.29, 0.717) is 13.0 Å². The number of carbonyl (C=O) groups excluding carboxylic acids is 1. The van der Waals surface area contributed by atoms with Crippen LogP contribution in [-0.4, -0.2) is 70.3 Å². The number of carbonyl (C=O) groups is 1. The number of rotatable bonds is 3. The van der Waals surface area contributed by atoms with E-state index in [1.807, 2.05) is 0 Å². The van der Waals surface area contributed by atoms with E-state index in [1.165, 1.54) is 6.07 Å². The van der Waals surface area contributed by atoms with Crippen molar-refractivity contribution in [2.45, 2.75) is 43.0 Å². The Morgan fingerprint density at radius 2 is 1.88 bits per heavy atom. The SMILES string of the molecule is O=C(OC1COC2CCOC21)C1=Cc2cc(Br)cc(C(O)(O)O)c2OC1C(F)(F)F.[NH3+]O. The number of quaternary nitrogens is 1. The number of alkyl halides is 3. The average Bonchev–Trinajstić information content (AvgIpc) is 3.31. The predicted octanol–water partition coefficient (Wildman–Crippen LogP) is -0.0400. The quantitative estimate of drug-likeness (QED) is 0.205. The molecule has 4 atom stereocenters. The first kappa shape index (κ1) is 24.9. The molecule has 32 heavy (non-hydrogen) atoms. The van der Waals surface area contributed by atoms with E-state index in [-0.39, 0.29) is 22.7 Å². The normalized spacial score (nSPS) is 26.8. The predicted molar refractivity (Wildman–Crippen MR) is 99.6 cm³/mol. The van der Waals surface area contributed by atoms with Crippen LogP contribution in [0.15, 0.2) is 22.2 Å². The van der Waals surface area contributed by atoms with Crippen molar-refractivity contribution in [3.63, 3.8) is 0 Å². The van der Waals surface area contributed by atoms with Gasteiger partial charge in [-0.25, -0.2) is 15.9 Å². The molecule has 0 amide bonds. The Hall–Kier alpha value is -1.78. The maximum Gasteiger partial charge on any atom is 0.430 e. The summed E-state index contributed by atoms with van der Waals surface area (Å²) >= 11 is 3.06. The molecule has 1 aromatic rings. The van der Waals surface area contributed by atoms with Crippen LogP contribution in [0.1, 0.15) is 17.5 Å². The molecule has 3 heterocycles. The number of hydrogen-bond donors (Lipinski definition) is 5. The lowest BCUT2D eigenvalue weighted by molar-refractivity contribution is -0.670. The Morgan fingerprint density at radius 1 is 1.19 bits per heavy atom. The Balaban J connectivity index is 0.00000141. The maximum atomic E-state index is 13.7. The van der Waals surface area contributed by atoms with E-state index < -0.39 is 53.3 Å². The lowest BCUT2D eigenvalue weighted by Gasteiger charge is -2.31. The number of benzene rings is 1. The van der Waals surface area contributed by atoms with Gasteiger partial charge in [0, 0.05) is 16.6 Å². The van der Waals surface area contributed by atoms with E-state index in [2.05, 4.69) is 21.8 Å². The Labute approximate surface area is 187 Å². The minimum absolute atomic E-state index is 0.000234. The van der Waals surface area contributed by atoms with Gasteiger partial charge in [0.25, 0.3) is 0 Å². The van der Waals surface area contributed by atoms with Crippen LogP contribution in [0.2, 0.25) is 0 Å². The second kappa shape index (κ2) is 9.23. The number of fused-ring (bicyclic) bond motifs is 2. The standard InChI is InChI=1S/C18H16BrF3O8.H4NO/c19-8-3-7-4-9(16(23)29-12-6-28-11-1-2-27-14(11)12)15(17(20,21)22)30-13(7)10(5-8)18(24,25)26;1-2/h3-5,11-12,14-15,24-26H,1-2,6H2;2H,1H3/q;+1. The van der Waals surface area contributed by atoms with Crippen molar-refractivity contribution in [3.05, 3.63) is 33.3 Å². The van der Waals surface area contributed by atoms with Crippen molar-refractivity contribution < 1.29 is 63.3 Å². The summed E-state index contributed by atoms with van der Waals surface area (Å²) in [4.78, 5) is 12.6. The summed E-state index contributed by atoms with van der Waals surface area (Å²) in [6.07, 6.45) is -7.98. The van der Waals surface area contributed by atoms with Gasteiger partial charge < -0.3 is 34.3 Å². The Kier molecular flexibility index (Phi) is 7.17. The molecule has 3 aliphatic heterocycles. The first-order valence-corrected chi connectivity index (χ1v) is 9.96. The zero-order valence-electron chi connectivity index (χ0n) is 16.2. The van der Waals surface area contributed by atoms with Gasteiger partial charge in [0.2, 0.25) is 6.10 Å². The molecule has 14 heteroatoms. The van der Waals surface area contributed by atoms with Gasteiger partial charge in [0.05, 0.1) is 23.8 Å². The number of halogens is 4. The molecule has 2 fully saturated rings. The topological polar surface area (TPSA) is 163 Å². The molecule has 0 bridgehead atoms. The zero-order chi connectivity index (χ0) is 23.8. The third-order valence-corrected chi connectivity index (χ3v) is 5.44. The molecule has 0 aliphatic carbocycles. The van der Waals surface area contributed by atoms with Crippen LogP contribution < -0.4 is 10.6 Å². The van der Waals surface area contributed by atoms with Crippen LogP contribution in [0.3, 0.4) is 0 Å². The Bertz CT molecular complexity index is 903. The average molecular weight is 531 g/mol. The van der Waals surface area contributed by atoms with Crippen molar-refractivity contribution in [1.29, 1.82) is 0 Å². The maximum absolute atomic E-state index is 13.7. The minimum atomic E-state index is -5.03. The summed E-state index contributed by atoms with van der Waals surface area (Å²) in [6.45, 7) is 0.399.